The van der Waals surface area contributed by atoms with Crippen LogP contribution >= 0.6 is 0 Å². The van der Waals surface area contributed by atoms with E-state index < -0.39 is 359 Å². The van der Waals surface area contributed by atoms with E-state index in [1.165, 1.54) is 83.5 Å². The monoisotopic (exact) mass is 2090 g/mol. The van der Waals surface area contributed by atoms with Crippen LogP contribution in [0.1, 0.15) is 215 Å². The van der Waals surface area contributed by atoms with Gasteiger partial charge in [-0.2, -0.15) is 0 Å². The van der Waals surface area contributed by atoms with Crippen molar-refractivity contribution in [1.82, 2.24) is 26.6 Å². The lowest BCUT2D eigenvalue weighted by Gasteiger charge is -2.51. The molecule has 51 heteroatoms. The molecule has 8 aliphatic rings. The fraction of sp³-hybridized carbons (Fsp3) is 0.914. The molecule has 0 bridgehead atoms. The van der Waals surface area contributed by atoms with Crippen molar-refractivity contribution in [3.63, 3.8) is 0 Å². The molecule has 0 aromatic carbocycles. The largest absolute Gasteiger partial charge is 0.477 e. The van der Waals surface area contributed by atoms with E-state index in [-0.39, 0.29) is 12.3 Å². The maximum absolute atomic E-state index is 13.6. The summed E-state index contributed by atoms with van der Waals surface area (Å²) in [6.45, 7) is -1.36. The number of aliphatic hydroxyl groups excluding tert-OH is 23. The molecule has 0 saturated carbocycles. The van der Waals surface area contributed by atoms with E-state index in [0.29, 0.717) is 12.8 Å². The summed E-state index contributed by atoms with van der Waals surface area (Å²) >= 11 is 0. The van der Waals surface area contributed by atoms with Gasteiger partial charge in [-0.15, -0.1) is 0 Å². The van der Waals surface area contributed by atoms with Crippen LogP contribution in [0.4, 0.5) is 0 Å². The number of aliphatic carboxylic acids is 1. The van der Waals surface area contributed by atoms with Gasteiger partial charge in [-0.1, -0.05) is 167 Å². The van der Waals surface area contributed by atoms with Crippen molar-refractivity contribution in [2.45, 2.75) is 478 Å². The third kappa shape index (κ3) is 34.8. The number of carbonyl (C=O) groups excluding carboxylic acids is 5. The summed E-state index contributed by atoms with van der Waals surface area (Å²) in [4.78, 5) is 78.4. The first-order valence-electron chi connectivity index (χ1n) is 50.6. The maximum Gasteiger partial charge on any atom is 0.364 e. The Morgan fingerprint density at radius 1 is 0.368 bits per heavy atom. The van der Waals surface area contributed by atoms with Crippen molar-refractivity contribution in [2.75, 3.05) is 59.5 Å². The summed E-state index contributed by atoms with van der Waals surface area (Å²) in [5.74, 6) is -9.53. The van der Waals surface area contributed by atoms with Crippen LogP contribution in [-0.4, -0.2) is 481 Å². The van der Waals surface area contributed by atoms with E-state index in [2.05, 4.69) is 40.4 Å². The number of hydrogen-bond acceptors (Lipinski definition) is 45. The predicted octanol–water partition coefficient (Wildman–Crippen LogP) is -8.06. The summed E-state index contributed by atoms with van der Waals surface area (Å²) in [5.41, 5.74) is 0. The molecule has 16 unspecified atom stereocenters. The molecule has 144 heavy (non-hydrogen) atoms. The van der Waals surface area contributed by atoms with Crippen molar-refractivity contribution in [3.8, 4) is 0 Å². The normalized spacial score (nSPS) is 38.4. The number of unbranched alkanes of at least 4 members (excludes halogenated alkanes) is 23. The van der Waals surface area contributed by atoms with E-state index in [1.54, 1.807) is 6.08 Å². The molecule has 0 aromatic rings. The van der Waals surface area contributed by atoms with Crippen LogP contribution < -0.4 is 26.6 Å². The Morgan fingerprint density at radius 2 is 0.722 bits per heavy atom. The zero-order valence-electron chi connectivity index (χ0n) is 82.6. The number of aliphatic hydroxyl groups is 23. The summed E-state index contributed by atoms with van der Waals surface area (Å²) in [7, 11) is 0. The Hall–Kier alpha value is -5.00. The average Bonchev–Trinajstić information content (AvgIpc) is 0.744. The molecule has 29 N–H and O–H groups in total. The van der Waals surface area contributed by atoms with Crippen LogP contribution in [0, 0.1) is 0 Å². The molecule has 0 aromatic heterocycles. The maximum atomic E-state index is 13.6. The Bertz CT molecular complexity index is 3740. The molecule has 8 fully saturated rings. The highest BCUT2D eigenvalue weighted by Gasteiger charge is 2.63. The van der Waals surface area contributed by atoms with E-state index in [1.807, 2.05) is 6.08 Å². The third-order valence-electron chi connectivity index (χ3n) is 27.2. The van der Waals surface area contributed by atoms with Gasteiger partial charge in [0.2, 0.25) is 29.5 Å². The zero-order valence-corrected chi connectivity index (χ0v) is 82.6. The van der Waals surface area contributed by atoms with Gasteiger partial charge in [-0.05, 0) is 19.3 Å². The second kappa shape index (κ2) is 62.2. The Labute approximate surface area is 835 Å². The standard InChI is InChI=1S/C93H163N5O46/c1-7-9-11-13-15-17-19-21-23-25-27-29-31-33-50(110)49(98-60(113)34-32-30-28-26-24-22-20-18-16-14-12-10-8-2)43-129-88-74(123)73(122)80(58(42-105)136-88)140-89-75(124)82(67(116)54(38-101)132-89)141-86-63(96-47(5)108)71(120)78(56(40-103)134-86)138-90-76(125)83(69(118)59(137-90)44-130-85-62(95-46(4)107)70(119)66(115)53(37-100)131-85)142-87-64(97-48(6)109)72(121)79(57(41-104)135-87)139-91-77(126)84(68(117)55(39-102)133-91)144-93(92(127)128)35-51(111)61(94-45(3)106)81(143-93)65(114)52(112)36-99/h31,33,49-59,61-91,99-105,110-112,114-126H,7-30,32,34-44H2,1-6H3,(H,94,106)(H,95,107)(H,96,108)(H,97,109)(H,98,113)(H,127,128)/b33-31+/t49-,50+,51?,52+,53?,54?,55?,56?,57?,58?,59?,61+,62?,63?,64?,65+,66+,67-,68-,69-,70+,71+,72+,73+,74?,75?,76?,77?,78+,79+,80+,81?,82-,83-,84-,85+,86-,87-,88+,89-,90-,91-,93-/m0/s1. The highest BCUT2D eigenvalue weighted by atomic mass is 16.8. The first-order valence-corrected chi connectivity index (χ1v) is 50.6. The van der Waals surface area contributed by atoms with Crippen molar-refractivity contribution in [2.24, 2.45) is 0 Å². The molecule has 0 aliphatic carbocycles. The van der Waals surface area contributed by atoms with Gasteiger partial charge in [0.05, 0.1) is 83.8 Å². The van der Waals surface area contributed by atoms with Gasteiger partial charge >= 0.3 is 5.97 Å². The van der Waals surface area contributed by atoms with Gasteiger partial charge in [-0.25, -0.2) is 4.79 Å². The number of carboxylic acid groups (broad SMARTS) is 1. The highest BCUT2D eigenvalue weighted by Crippen LogP contribution is 2.42. The highest BCUT2D eigenvalue weighted by molar-refractivity contribution is 5.77. The first-order chi connectivity index (χ1) is 68.7. The van der Waals surface area contributed by atoms with Crippen LogP contribution in [0.15, 0.2) is 12.2 Å². The van der Waals surface area contributed by atoms with Crippen molar-refractivity contribution >= 4 is 35.5 Å². The Balaban J connectivity index is 1.00. The van der Waals surface area contributed by atoms with Gasteiger partial charge in [0.15, 0.2) is 44.0 Å². The molecule has 8 aliphatic heterocycles. The first kappa shape index (κ1) is 124. The van der Waals surface area contributed by atoms with Gasteiger partial charge in [0.1, 0.15) is 189 Å². The number of carboxylic acids is 1. The van der Waals surface area contributed by atoms with Gasteiger partial charge in [-0.3, -0.25) is 24.0 Å². The average molecular weight is 2090 g/mol. The number of ether oxygens (including phenoxy) is 16. The number of carbonyl (C=O) groups is 6. The van der Waals surface area contributed by atoms with E-state index in [4.69, 9.17) is 75.8 Å². The quantitative estimate of drug-likeness (QED) is 0.0199. The number of amides is 5. The van der Waals surface area contributed by atoms with Crippen molar-refractivity contribution in [3.05, 3.63) is 12.2 Å². The zero-order chi connectivity index (χ0) is 106. The lowest BCUT2D eigenvalue weighted by Crippen LogP contribution is -2.71. The van der Waals surface area contributed by atoms with Crippen molar-refractivity contribution < 1.29 is 227 Å². The fourth-order valence-electron chi connectivity index (χ4n) is 19.1. The Morgan fingerprint density at radius 3 is 1.15 bits per heavy atom. The van der Waals surface area contributed by atoms with Crippen LogP contribution in [-0.2, 0) is 105 Å². The SMILES string of the molecule is CCCCCCCCCCCCC/C=C/[C@@H](O)[C@H](CO[C@@H]1OC(CO)[C@@H](O[C@@H]2OC(CO)[C@H](O)[C@H](O[C@@H]3OC(CO)[C@@H](O[C@@H]4OC(CO[C@@H]5OC(CO)[C@@H](O)[C@H](O)C5NC(C)=O)[C@H](O)[C@H](O[C@@H]5OC(CO)[C@@H](O[C@@H]6OC(CO)[C@H](O)[C@H](O[C@]7(C(=O)O)CC(O)[C@@H](NC(C)=O)C([C@H](O)[C@H](O)CO)O7)C6O)[C@H](O)C5NC(C)=O)C4O)[C@H](O)C3NC(C)=O)C2O)[C@H](O)C1O)NC(=O)CCCCCCCCCCCCCCC. The van der Waals surface area contributed by atoms with Crippen molar-refractivity contribution in [1.29, 1.82) is 0 Å². The van der Waals surface area contributed by atoms with E-state index in [0.717, 1.165) is 91.9 Å². The van der Waals surface area contributed by atoms with Gasteiger partial charge in [0, 0.05) is 40.5 Å². The molecule has 43 atom stereocenters. The van der Waals surface area contributed by atoms with Crippen LogP contribution in [0.25, 0.3) is 0 Å². The molecule has 0 spiro atoms. The number of nitrogens with one attached hydrogen (secondary N) is 5. The minimum absolute atomic E-state index is 0.131. The lowest BCUT2D eigenvalue weighted by atomic mass is 9.88. The molecular weight excluding hydrogens is 1920 g/mol. The molecule has 5 amide bonds. The Kier molecular flexibility index (Phi) is 53.7. The smallest absolute Gasteiger partial charge is 0.364 e. The van der Waals surface area contributed by atoms with Gasteiger partial charge < -0.3 is 225 Å². The summed E-state index contributed by atoms with van der Waals surface area (Å²) in [6, 6.07) is -8.66. The van der Waals surface area contributed by atoms with E-state index >= 15 is 0 Å². The predicted molar refractivity (Wildman–Crippen MR) is 490 cm³/mol. The van der Waals surface area contributed by atoms with E-state index in [9.17, 15) is 151 Å². The number of rotatable bonds is 61. The van der Waals surface area contributed by atoms with Crippen LogP contribution in [0.5, 0.6) is 0 Å². The topological polar surface area (TPSA) is 796 Å². The minimum atomic E-state index is -3.30. The minimum Gasteiger partial charge on any atom is -0.477 e. The molecule has 836 valence electrons. The second-order valence-corrected chi connectivity index (χ2v) is 38.5. The molecular formula is C93H163N5O46. The lowest BCUT2D eigenvalue weighted by molar-refractivity contribution is -0.393. The van der Waals surface area contributed by atoms with Gasteiger partial charge in [0.25, 0.3) is 5.79 Å². The molecule has 8 rings (SSSR count). The second-order valence-electron chi connectivity index (χ2n) is 38.5. The fourth-order valence-corrected chi connectivity index (χ4v) is 19.1. The molecule has 8 saturated heterocycles. The molecule has 0 radical (unpaired) electrons. The molecule has 8 heterocycles. The van der Waals surface area contributed by atoms with Crippen LogP contribution in [0.3, 0.4) is 0 Å². The summed E-state index contributed by atoms with van der Waals surface area (Å²) in [5, 5.41) is 286. The third-order valence-corrected chi connectivity index (χ3v) is 27.2. The summed E-state index contributed by atoms with van der Waals surface area (Å²) in [6.07, 6.45) is -48.6. The van der Waals surface area contributed by atoms with Crippen LogP contribution in [0.2, 0.25) is 0 Å². The molecule has 51 nitrogen and oxygen atoms in total. The number of hydrogen-bond donors (Lipinski definition) is 29. The number of allylic oxidation sites excluding steroid dienone is 1. The summed E-state index contributed by atoms with van der Waals surface area (Å²) < 4.78 is 95.9.